The molecule has 1 N–H and O–H groups in total. The van der Waals surface area contributed by atoms with Crippen molar-refractivity contribution in [3.63, 3.8) is 0 Å². The van der Waals surface area contributed by atoms with Crippen LogP contribution < -0.4 is 0 Å². The van der Waals surface area contributed by atoms with Crippen LogP contribution in [0.2, 0.25) is 0 Å². The van der Waals surface area contributed by atoms with E-state index in [0.717, 1.165) is 9.80 Å². The number of likely N-dealkylation sites (N-methyl/N-ethyl adjacent to an activating group) is 3. The van der Waals surface area contributed by atoms with E-state index in [1.807, 2.05) is 13.8 Å². The second kappa shape index (κ2) is 17.1. The fourth-order valence-electron chi connectivity index (χ4n) is 5.45. The molecule has 0 radical (unpaired) electrons. The number of aliphatic hydroxyl groups excluding tert-OH is 1. The molecular weight excluding hydrogens is 598 g/mol. The first kappa shape index (κ1) is 40.8. The Balaban J connectivity index is 3.94. The lowest BCUT2D eigenvalue weighted by Gasteiger charge is -2.38. The highest BCUT2D eigenvalue weighted by atomic mass is 16.6. The Kier molecular flexibility index (Phi) is 15.2. The van der Waals surface area contributed by atoms with Crippen LogP contribution in [-0.2, 0) is 43.0 Å². The zero-order valence-electron chi connectivity index (χ0n) is 30.1. The van der Waals surface area contributed by atoms with Crippen molar-refractivity contribution in [3.8, 4) is 0 Å². The zero-order valence-corrected chi connectivity index (χ0v) is 30.1. The van der Waals surface area contributed by atoms with Gasteiger partial charge in [0.2, 0.25) is 0 Å². The van der Waals surface area contributed by atoms with E-state index in [4.69, 9.17) is 14.2 Å². The Bertz CT molecular complexity index is 1090. The smallest absolute Gasteiger partial charge is 0.332 e. The molecule has 0 aliphatic carbocycles. The molecule has 0 aromatic carbocycles. The van der Waals surface area contributed by atoms with E-state index < -0.39 is 102 Å². The minimum absolute atomic E-state index is 0.0742. The summed E-state index contributed by atoms with van der Waals surface area (Å²) in [6.45, 7) is 18.4. The van der Waals surface area contributed by atoms with Crippen LogP contribution >= 0.6 is 0 Å². The standard InChI is InChI=1S/C33H57N3O10/c1-16(2)15-22-31(41)44-26(19(7)8)30(40)36(14)24(21(11)37)33(43)46-27(20(9)10)29(39)35(13)23(17(3)4)32(42)45-25(18(5)6)28(38)34(22)12/h16-27,37H,15H2,1-14H3/t21-,22-,23-,24-,25+,26+,27+/m1/s1. The minimum atomic E-state index is -1.56. The number of amides is 3. The highest BCUT2D eigenvalue weighted by molar-refractivity contribution is 5.94. The quantitative estimate of drug-likeness (QED) is 0.318. The second-order valence-corrected chi connectivity index (χ2v) is 14.2. The Labute approximate surface area is 274 Å². The van der Waals surface area contributed by atoms with Crippen LogP contribution in [0.1, 0.15) is 82.6 Å². The molecule has 1 heterocycles. The molecule has 3 amide bonds. The van der Waals surface area contributed by atoms with Crippen molar-refractivity contribution in [2.75, 3.05) is 21.1 Å². The third-order valence-electron chi connectivity index (χ3n) is 8.16. The number of rotatable bonds is 7. The predicted octanol–water partition coefficient (Wildman–Crippen LogP) is 2.27. The molecule has 0 spiro atoms. The maximum atomic E-state index is 13.9. The van der Waals surface area contributed by atoms with Crippen molar-refractivity contribution in [1.29, 1.82) is 0 Å². The van der Waals surface area contributed by atoms with Gasteiger partial charge >= 0.3 is 17.9 Å². The van der Waals surface area contributed by atoms with Crippen molar-refractivity contribution in [2.45, 2.75) is 125 Å². The van der Waals surface area contributed by atoms with E-state index in [1.165, 1.54) is 33.0 Å². The van der Waals surface area contributed by atoms with Gasteiger partial charge in [-0.15, -0.1) is 0 Å². The molecule has 0 aromatic rings. The zero-order chi connectivity index (χ0) is 36.0. The molecule has 13 heteroatoms. The molecule has 1 rings (SSSR count). The van der Waals surface area contributed by atoms with Crippen LogP contribution in [0.4, 0.5) is 0 Å². The summed E-state index contributed by atoms with van der Waals surface area (Å²) < 4.78 is 17.2. The second-order valence-electron chi connectivity index (χ2n) is 14.2. The molecule has 13 nitrogen and oxygen atoms in total. The first-order valence-corrected chi connectivity index (χ1v) is 16.2. The highest BCUT2D eigenvalue weighted by Gasteiger charge is 2.45. The van der Waals surface area contributed by atoms with Crippen molar-refractivity contribution >= 4 is 35.6 Å². The first-order valence-electron chi connectivity index (χ1n) is 16.2. The molecule has 0 aromatic heterocycles. The molecule has 0 unspecified atom stereocenters. The molecular formula is C33H57N3O10. The van der Waals surface area contributed by atoms with E-state index in [0.29, 0.717) is 0 Å². The highest BCUT2D eigenvalue weighted by Crippen LogP contribution is 2.24. The number of nitrogens with zero attached hydrogens (tertiary/aromatic N) is 3. The van der Waals surface area contributed by atoms with Gasteiger partial charge in [0, 0.05) is 21.1 Å². The SMILES string of the molecule is CC(C)C[C@@H]1C(=O)O[C@@H](C(C)C)C(=O)N(C)[C@H]([C@@H](C)O)C(=O)O[C@@H](C(C)C)C(=O)N(C)[C@H](C(C)C)C(=O)O[C@@H](C(C)C)C(=O)N1C. The summed E-state index contributed by atoms with van der Waals surface area (Å²) in [6.07, 6.45) is -5.33. The Morgan fingerprint density at radius 3 is 1.17 bits per heavy atom. The Morgan fingerprint density at radius 2 is 0.848 bits per heavy atom. The van der Waals surface area contributed by atoms with Crippen LogP contribution in [0.5, 0.6) is 0 Å². The van der Waals surface area contributed by atoms with E-state index in [1.54, 1.807) is 55.4 Å². The maximum absolute atomic E-state index is 13.9. The molecule has 1 aliphatic heterocycles. The largest absolute Gasteiger partial charge is 0.450 e. The summed E-state index contributed by atoms with van der Waals surface area (Å²) in [6, 6.07) is -3.86. The van der Waals surface area contributed by atoms with E-state index in [9.17, 15) is 33.9 Å². The molecule has 0 saturated carbocycles. The molecule has 0 bridgehead atoms. The van der Waals surface area contributed by atoms with Crippen molar-refractivity contribution < 1.29 is 48.1 Å². The number of hydrogen-bond donors (Lipinski definition) is 1. The van der Waals surface area contributed by atoms with E-state index in [-0.39, 0.29) is 12.3 Å². The summed E-state index contributed by atoms with van der Waals surface area (Å²) in [5, 5.41) is 10.6. The maximum Gasteiger partial charge on any atom is 0.332 e. The van der Waals surface area contributed by atoms with Gasteiger partial charge in [-0.25, -0.2) is 14.4 Å². The summed E-state index contributed by atoms with van der Waals surface area (Å²) in [5.41, 5.74) is 0. The number of aliphatic hydroxyl groups is 1. The number of hydrogen-bond acceptors (Lipinski definition) is 10. The topological polar surface area (TPSA) is 160 Å². The third-order valence-corrected chi connectivity index (χ3v) is 8.16. The van der Waals surface area contributed by atoms with Crippen molar-refractivity contribution in [3.05, 3.63) is 0 Å². The first-order chi connectivity index (χ1) is 21.1. The van der Waals surface area contributed by atoms with Gasteiger partial charge in [0.15, 0.2) is 24.4 Å². The van der Waals surface area contributed by atoms with Gasteiger partial charge in [-0.3, -0.25) is 14.4 Å². The Hall–Kier alpha value is -3.22. The predicted molar refractivity (Wildman–Crippen MR) is 170 cm³/mol. The Morgan fingerprint density at radius 1 is 0.522 bits per heavy atom. The summed E-state index contributed by atoms with van der Waals surface area (Å²) in [5.74, 6) is -7.03. The third kappa shape index (κ3) is 9.89. The number of carbonyl (C=O) groups excluding carboxylic acids is 6. The van der Waals surface area contributed by atoms with Crippen LogP contribution in [-0.4, -0.2) is 119 Å². The number of carbonyl (C=O) groups is 6. The van der Waals surface area contributed by atoms with Gasteiger partial charge in [0.05, 0.1) is 6.10 Å². The van der Waals surface area contributed by atoms with E-state index >= 15 is 0 Å². The number of esters is 3. The molecule has 1 aliphatic rings. The van der Waals surface area contributed by atoms with Crippen LogP contribution in [0.15, 0.2) is 0 Å². The van der Waals surface area contributed by atoms with Gasteiger partial charge in [0.1, 0.15) is 12.1 Å². The fraction of sp³-hybridized carbons (Fsp3) is 0.818. The molecule has 1 fully saturated rings. The van der Waals surface area contributed by atoms with Gasteiger partial charge in [0.25, 0.3) is 17.7 Å². The van der Waals surface area contributed by atoms with Gasteiger partial charge in [-0.1, -0.05) is 69.2 Å². The van der Waals surface area contributed by atoms with Crippen molar-refractivity contribution in [2.24, 2.45) is 29.6 Å². The average Bonchev–Trinajstić information content (AvgIpc) is 2.93. The molecule has 1 saturated heterocycles. The van der Waals surface area contributed by atoms with Crippen LogP contribution in [0.25, 0.3) is 0 Å². The molecule has 7 atom stereocenters. The number of ether oxygens (including phenoxy) is 3. The lowest BCUT2D eigenvalue weighted by atomic mass is 9.98. The van der Waals surface area contributed by atoms with Gasteiger partial charge in [-0.2, -0.15) is 0 Å². The molecule has 264 valence electrons. The monoisotopic (exact) mass is 655 g/mol. The van der Waals surface area contributed by atoms with Crippen molar-refractivity contribution in [1.82, 2.24) is 14.7 Å². The lowest BCUT2D eigenvalue weighted by Crippen LogP contribution is -2.58. The van der Waals surface area contributed by atoms with Gasteiger partial charge < -0.3 is 34.0 Å². The summed E-state index contributed by atoms with van der Waals surface area (Å²) in [4.78, 5) is 85.8. The summed E-state index contributed by atoms with van der Waals surface area (Å²) >= 11 is 0. The number of cyclic esters (lactones) is 3. The molecule has 46 heavy (non-hydrogen) atoms. The van der Waals surface area contributed by atoms with E-state index in [2.05, 4.69) is 0 Å². The normalized spacial score (nSPS) is 27.8. The fourth-order valence-corrected chi connectivity index (χ4v) is 5.45. The minimum Gasteiger partial charge on any atom is -0.450 e. The van der Waals surface area contributed by atoms with Crippen LogP contribution in [0, 0.1) is 29.6 Å². The average molecular weight is 656 g/mol. The lowest BCUT2D eigenvalue weighted by molar-refractivity contribution is -0.182. The summed E-state index contributed by atoms with van der Waals surface area (Å²) in [7, 11) is 4.08. The van der Waals surface area contributed by atoms with Gasteiger partial charge in [-0.05, 0) is 42.9 Å². The van der Waals surface area contributed by atoms with Crippen LogP contribution in [0.3, 0.4) is 0 Å².